The molecule has 0 spiro atoms. The summed E-state index contributed by atoms with van der Waals surface area (Å²) in [4.78, 5) is 0. The molecule has 1 rings (SSSR count). The molecule has 1 aliphatic rings. The van der Waals surface area contributed by atoms with Gasteiger partial charge in [0.25, 0.3) is 0 Å². The number of hydrogen-bond acceptors (Lipinski definition) is 3. The van der Waals surface area contributed by atoms with Gasteiger partial charge in [-0.2, -0.15) is 0 Å². The fourth-order valence-electron chi connectivity index (χ4n) is 2.94. The number of nitrogens with zero attached hydrogens (tertiary/aromatic N) is 1. The highest BCUT2D eigenvalue weighted by molar-refractivity contribution is 6.60. The van der Waals surface area contributed by atoms with Crippen molar-refractivity contribution in [2.45, 2.75) is 59.3 Å². The minimum absolute atomic E-state index is 0.750. The first kappa shape index (κ1) is 19.1. The molecule has 1 fully saturated rings. The second-order valence-electron chi connectivity index (χ2n) is 6.51. The van der Waals surface area contributed by atoms with Gasteiger partial charge in [-0.3, -0.25) is 0 Å². The van der Waals surface area contributed by atoms with E-state index in [1.807, 2.05) is 0 Å². The molecule has 0 saturated carbocycles. The first-order chi connectivity index (χ1) is 10.1. The van der Waals surface area contributed by atoms with Crippen LogP contribution in [0.5, 0.6) is 0 Å². The maximum atomic E-state index is 6.23. The molecule has 126 valence electrons. The Morgan fingerprint density at radius 2 is 1.19 bits per heavy atom. The Kier molecular flexibility index (Phi) is 9.05. The zero-order valence-corrected chi connectivity index (χ0v) is 15.7. The van der Waals surface area contributed by atoms with Gasteiger partial charge in [-0.05, 0) is 38.5 Å². The highest BCUT2D eigenvalue weighted by Crippen LogP contribution is 2.22. The predicted molar refractivity (Wildman–Crippen MR) is 89.1 cm³/mol. The summed E-state index contributed by atoms with van der Waals surface area (Å²) in [7, 11) is -0.198. The summed E-state index contributed by atoms with van der Waals surface area (Å²) in [6.45, 7) is 11.2. The summed E-state index contributed by atoms with van der Waals surface area (Å²) >= 11 is 0. The van der Waals surface area contributed by atoms with E-state index in [1.54, 1.807) is 0 Å². The first-order valence-corrected chi connectivity index (χ1v) is 10.8. The number of piperidine rings is 1. The van der Waals surface area contributed by atoms with Crippen molar-refractivity contribution in [3.05, 3.63) is 0 Å². The Morgan fingerprint density at radius 3 is 1.57 bits per heavy atom. The van der Waals surface area contributed by atoms with E-state index in [1.165, 1.54) is 32.4 Å². The van der Waals surface area contributed by atoms with Crippen molar-refractivity contribution in [2.24, 2.45) is 0 Å². The van der Waals surface area contributed by atoms with Gasteiger partial charge in [0.1, 0.15) is 6.17 Å². The lowest BCUT2D eigenvalue weighted by molar-refractivity contribution is -0.906. The highest BCUT2D eigenvalue weighted by atomic mass is 28.4. The van der Waals surface area contributed by atoms with Gasteiger partial charge in [0.15, 0.2) is 0 Å². The average Bonchev–Trinajstić information content (AvgIpc) is 2.49. The summed E-state index contributed by atoms with van der Waals surface area (Å²) < 4.78 is 19.7. The molecule has 1 aliphatic heterocycles. The van der Waals surface area contributed by atoms with Crippen molar-refractivity contribution in [3.8, 4) is 0 Å². The molecule has 0 N–H and O–H groups in total. The molecule has 0 aliphatic carbocycles. The Labute approximate surface area is 132 Å². The number of likely N-dealkylation sites (tertiary alicyclic amines) is 1. The van der Waals surface area contributed by atoms with Gasteiger partial charge in [0.05, 0.1) is 20.1 Å². The number of quaternary nitrogens is 1. The van der Waals surface area contributed by atoms with Gasteiger partial charge in [-0.15, -0.1) is 0 Å². The van der Waals surface area contributed by atoms with E-state index >= 15 is 0 Å². The molecule has 4 nitrogen and oxygen atoms in total. The normalized spacial score (nSPS) is 18.9. The van der Waals surface area contributed by atoms with E-state index in [0.29, 0.717) is 0 Å². The van der Waals surface area contributed by atoms with Gasteiger partial charge in [-0.25, -0.2) is 0 Å². The smallest absolute Gasteiger partial charge is 0.370 e. The summed E-state index contributed by atoms with van der Waals surface area (Å²) in [6.07, 6.45) is 7.99. The Balaban J connectivity index is 2.78. The van der Waals surface area contributed by atoms with Gasteiger partial charge < -0.3 is 17.8 Å². The molecule has 0 aromatic heterocycles. The highest BCUT2D eigenvalue weighted by Gasteiger charge is 2.49. The molecular formula is C16H36NO3Si+. The monoisotopic (exact) mass is 318 g/mol. The average molecular weight is 319 g/mol. The molecule has 0 aromatic carbocycles. The predicted octanol–water partition coefficient (Wildman–Crippen LogP) is 3.37. The van der Waals surface area contributed by atoms with Crippen LogP contribution >= 0.6 is 0 Å². The topological polar surface area (TPSA) is 27.7 Å². The Bertz CT molecular complexity index is 248. The van der Waals surface area contributed by atoms with Gasteiger partial charge in [0.2, 0.25) is 0 Å². The molecule has 0 amide bonds. The molecule has 5 heteroatoms. The van der Waals surface area contributed by atoms with E-state index in [4.69, 9.17) is 13.3 Å². The molecule has 0 radical (unpaired) electrons. The summed E-state index contributed by atoms with van der Waals surface area (Å²) in [5.74, 6) is 0. The standard InChI is InChI=1S/C16H36NO3Si/c1-5-13-18-21(19-14-6-2,20-15-7-3)16-17(4)11-9-8-10-12-17/h5-16H2,1-4H3/q+1. The molecule has 0 unspecified atom stereocenters. The van der Waals surface area contributed by atoms with Crippen molar-refractivity contribution in [1.82, 2.24) is 0 Å². The van der Waals surface area contributed by atoms with Crippen LogP contribution < -0.4 is 0 Å². The van der Waals surface area contributed by atoms with Crippen molar-refractivity contribution >= 4 is 8.80 Å². The van der Waals surface area contributed by atoms with E-state index in [0.717, 1.165) is 49.7 Å². The molecule has 0 atom stereocenters. The Hall–Kier alpha value is 0.0569. The number of hydrogen-bond donors (Lipinski definition) is 0. The van der Waals surface area contributed by atoms with Crippen LogP contribution in [0.1, 0.15) is 59.3 Å². The second-order valence-corrected chi connectivity index (χ2v) is 9.06. The zero-order chi connectivity index (χ0) is 15.6. The lowest BCUT2D eigenvalue weighted by atomic mass is 10.1. The molecule has 0 bridgehead atoms. The minimum Gasteiger partial charge on any atom is -0.370 e. The quantitative estimate of drug-likeness (QED) is 0.432. The lowest BCUT2D eigenvalue weighted by Crippen LogP contribution is -2.63. The molecule has 0 aromatic rings. The maximum absolute atomic E-state index is 6.23. The van der Waals surface area contributed by atoms with E-state index in [9.17, 15) is 0 Å². The van der Waals surface area contributed by atoms with Crippen molar-refractivity contribution in [2.75, 3.05) is 46.1 Å². The van der Waals surface area contributed by atoms with Crippen molar-refractivity contribution < 1.29 is 17.8 Å². The fraction of sp³-hybridized carbons (Fsp3) is 1.00. The number of rotatable bonds is 11. The Morgan fingerprint density at radius 1 is 0.762 bits per heavy atom. The van der Waals surface area contributed by atoms with Crippen LogP contribution in [0, 0.1) is 0 Å². The molecule has 1 saturated heterocycles. The molecule has 1 heterocycles. The van der Waals surface area contributed by atoms with Crippen LogP contribution in [-0.4, -0.2) is 59.4 Å². The van der Waals surface area contributed by atoms with Crippen LogP contribution in [0.15, 0.2) is 0 Å². The van der Waals surface area contributed by atoms with E-state index in [2.05, 4.69) is 27.8 Å². The van der Waals surface area contributed by atoms with Crippen LogP contribution in [0.2, 0.25) is 0 Å². The zero-order valence-electron chi connectivity index (χ0n) is 14.7. The summed E-state index contributed by atoms with van der Waals surface area (Å²) in [6, 6.07) is 0. The summed E-state index contributed by atoms with van der Waals surface area (Å²) in [5, 5.41) is 0. The van der Waals surface area contributed by atoms with Gasteiger partial charge >= 0.3 is 8.80 Å². The SMILES string of the molecule is CCCO[Si](C[N+]1(C)CCCCC1)(OCCC)OCCC. The third kappa shape index (κ3) is 6.78. The molecule has 21 heavy (non-hydrogen) atoms. The second kappa shape index (κ2) is 9.95. The lowest BCUT2D eigenvalue weighted by Gasteiger charge is -2.42. The van der Waals surface area contributed by atoms with E-state index < -0.39 is 8.80 Å². The summed E-state index contributed by atoms with van der Waals surface area (Å²) in [5.41, 5.74) is 0. The van der Waals surface area contributed by atoms with Crippen LogP contribution in [0.25, 0.3) is 0 Å². The van der Waals surface area contributed by atoms with Crippen LogP contribution in [0.3, 0.4) is 0 Å². The fourth-order valence-corrected chi connectivity index (χ4v) is 6.26. The van der Waals surface area contributed by atoms with Crippen LogP contribution in [-0.2, 0) is 13.3 Å². The van der Waals surface area contributed by atoms with E-state index in [-0.39, 0.29) is 0 Å². The van der Waals surface area contributed by atoms with Gasteiger partial charge in [-0.1, -0.05) is 20.8 Å². The largest absolute Gasteiger partial charge is 0.559 e. The van der Waals surface area contributed by atoms with Crippen molar-refractivity contribution in [1.29, 1.82) is 0 Å². The third-order valence-electron chi connectivity index (χ3n) is 4.05. The maximum Gasteiger partial charge on any atom is 0.559 e. The van der Waals surface area contributed by atoms with Crippen LogP contribution in [0.4, 0.5) is 0 Å². The minimum atomic E-state index is -2.55. The van der Waals surface area contributed by atoms with Crippen molar-refractivity contribution in [3.63, 3.8) is 0 Å². The van der Waals surface area contributed by atoms with Gasteiger partial charge in [0, 0.05) is 19.8 Å². The molecular weight excluding hydrogens is 282 g/mol. The third-order valence-corrected chi connectivity index (χ3v) is 7.13. The first-order valence-electron chi connectivity index (χ1n) is 8.85.